The van der Waals surface area contributed by atoms with E-state index in [0.717, 1.165) is 21.3 Å². The molecule has 0 radical (unpaired) electrons. The molecule has 1 atom stereocenters. The summed E-state index contributed by atoms with van der Waals surface area (Å²) in [5.41, 5.74) is 4.25. The van der Waals surface area contributed by atoms with Crippen LogP contribution in [0.3, 0.4) is 0 Å². The van der Waals surface area contributed by atoms with E-state index in [2.05, 4.69) is 33.8 Å². The van der Waals surface area contributed by atoms with E-state index in [0.29, 0.717) is 5.92 Å². The maximum Gasteiger partial charge on any atom is 0.0319 e. The van der Waals surface area contributed by atoms with Crippen molar-refractivity contribution in [2.45, 2.75) is 27.7 Å². The van der Waals surface area contributed by atoms with Gasteiger partial charge in [0.25, 0.3) is 0 Å². The van der Waals surface area contributed by atoms with E-state index < -0.39 is 0 Å². The fourth-order valence-electron chi connectivity index (χ4n) is 1.16. The van der Waals surface area contributed by atoms with Crippen LogP contribution in [-0.2, 0) is 21.7 Å². The molecular formula is C12H25O3Ti-. The maximum atomic E-state index is 7.00. The summed E-state index contributed by atoms with van der Waals surface area (Å²) in [7, 11) is 3.00. The van der Waals surface area contributed by atoms with E-state index >= 15 is 0 Å². The zero-order chi connectivity index (χ0) is 13.0. The number of hydrogen-bond donors (Lipinski definition) is 3. The van der Waals surface area contributed by atoms with Gasteiger partial charge in [-0.2, -0.15) is 11.1 Å². The SMILES string of the molecule is CC1=[C-]C(C)C(C)=C1C.CO.CO.CO.[Ti]. The van der Waals surface area contributed by atoms with Gasteiger partial charge in [0, 0.05) is 43.0 Å². The summed E-state index contributed by atoms with van der Waals surface area (Å²) in [5, 5.41) is 21.0. The Morgan fingerprint density at radius 2 is 1.19 bits per heavy atom. The van der Waals surface area contributed by atoms with E-state index in [1.54, 1.807) is 0 Å². The molecule has 0 aromatic heterocycles. The van der Waals surface area contributed by atoms with Crippen molar-refractivity contribution in [2.24, 2.45) is 5.92 Å². The van der Waals surface area contributed by atoms with Gasteiger partial charge in [0.1, 0.15) is 0 Å². The Balaban J connectivity index is -0.0000000900. The summed E-state index contributed by atoms with van der Waals surface area (Å²) >= 11 is 0. The van der Waals surface area contributed by atoms with Crippen LogP contribution in [0, 0.1) is 12.0 Å². The predicted octanol–water partition coefficient (Wildman–Crippen LogP) is 1.54. The molecule has 3 N–H and O–H groups in total. The molecule has 0 amide bonds. The largest absolute Gasteiger partial charge is 0.400 e. The molecule has 1 aliphatic rings. The van der Waals surface area contributed by atoms with Crippen molar-refractivity contribution in [3.8, 4) is 0 Å². The fourth-order valence-corrected chi connectivity index (χ4v) is 1.16. The molecule has 0 aromatic carbocycles. The fraction of sp³-hybridized carbons (Fsp3) is 0.667. The van der Waals surface area contributed by atoms with E-state index in [1.807, 2.05) is 0 Å². The first-order valence-electron chi connectivity index (χ1n) is 4.75. The predicted molar refractivity (Wildman–Crippen MR) is 64.4 cm³/mol. The number of allylic oxidation sites excluding steroid dienone is 4. The van der Waals surface area contributed by atoms with Crippen LogP contribution in [0.5, 0.6) is 0 Å². The van der Waals surface area contributed by atoms with Crippen LogP contribution in [0.15, 0.2) is 16.7 Å². The van der Waals surface area contributed by atoms with Gasteiger partial charge in [-0.3, -0.25) is 6.08 Å². The van der Waals surface area contributed by atoms with E-state index in [1.165, 1.54) is 16.7 Å². The molecule has 0 aromatic rings. The third-order valence-electron chi connectivity index (χ3n) is 2.24. The monoisotopic (exact) mass is 265 g/mol. The third-order valence-corrected chi connectivity index (χ3v) is 2.24. The normalized spacial score (nSPS) is 16.4. The van der Waals surface area contributed by atoms with E-state index in [4.69, 9.17) is 15.3 Å². The molecule has 4 heteroatoms. The minimum atomic E-state index is 0. The summed E-state index contributed by atoms with van der Waals surface area (Å²) < 4.78 is 0. The van der Waals surface area contributed by atoms with Gasteiger partial charge >= 0.3 is 0 Å². The van der Waals surface area contributed by atoms with Gasteiger partial charge < -0.3 is 15.3 Å². The van der Waals surface area contributed by atoms with Crippen molar-refractivity contribution in [3.05, 3.63) is 22.8 Å². The maximum absolute atomic E-state index is 7.00. The second kappa shape index (κ2) is 17.5. The Labute approximate surface area is 115 Å². The number of hydrogen-bond acceptors (Lipinski definition) is 3. The molecule has 1 unspecified atom stereocenters. The van der Waals surface area contributed by atoms with Crippen molar-refractivity contribution >= 4 is 0 Å². The minimum Gasteiger partial charge on any atom is -0.400 e. The molecule has 0 bridgehead atoms. The molecule has 1 rings (SSSR count). The molecule has 96 valence electrons. The van der Waals surface area contributed by atoms with Gasteiger partial charge in [0.15, 0.2) is 0 Å². The zero-order valence-corrected chi connectivity index (χ0v) is 13.0. The Morgan fingerprint density at radius 1 is 0.875 bits per heavy atom. The summed E-state index contributed by atoms with van der Waals surface area (Å²) in [6.45, 7) is 8.67. The number of rotatable bonds is 0. The van der Waals surface area contributed by atoms with Crippen molar-refractivity contribution in [3.63, 3.8) is 0 Å². The zero-order valence-electron chi connectivity index (χ0n) is 11.4. The first-order valence-corrected chi connectivity index (χ1v) is 4.75. The van der Waals surface area contributed by atoms with Gasteiger partial charge in [0.05, 0.1) is 0 Å². The summed E-state index contributed by atoms with van der Waals surface area (Å²) in [5.74, 6) is 0.560. The van der Waals surface area contributed by atoms with Crippen LogP contribution >= 0.6 is 0 Å². The van der Waals surface area contributed by atoms with Gasteiger partial charge in [-0.05, 0) is 0 Å². The van der Waals surface area contributed by atoms with Crippen LogP contribution in [0.25, 0.3) is 0 Å². The van der Waals surface area contributed by atoms with Gasteiger partial charge in [-0.25, -0.2) is 5.57 Å². The summed E-state index contributed by atoms with van der Waals surface area (Å²) in [6.07, 6.45) is 3.36. The first-order chi connectivity index (χ1) is 7.13. The van der Waals surface area contributed by atoms with Crippen LogP contribution in [0.2, 0.25) is 0 Å². The van der Waals surface area contributed by atoms with Gasteiger partial charge in [-0.15, -0.1) is 6.92 Å². The Kier molecular flexibility index (Phi) is 27.4. The van der Waals surface area contributed by atoms with Crippen molar-refractivity contribution < 1.29 is 37.0 Å². The molecule has 1 aliphatic carbocycles. The molecule has 16 heavy (non-hydrogen) atoms. The minimum absolute atomic E-state index is 0. The Hall–Kier alpha value is 0.0743. The van der Waals surface area contributed by atoms with Crippen LogP contribution in [0.1, 0.15) is 27.7 Å². The third kappa shape index (κ3) is 9.31. The summed E-state index contributed by atoms with van der Waals surface area (Å²) in [4.78, 5) is 0. The smallest absolute Gasteiger partial charge is 0.0319 e. The van der Waals surface area contributed by atoms with E-state index in [-0.39, 0.29) is 21.7 Å². The molecule has 3 nitrogen and oxygen atoms in total. The molecular weight excluding hydrogens is 240 g/mol. The molecule has 0 heterocycles. The number of aliphatic hydroxyl groups is 3. The van der Waals surface area contributed by atoms with Crippen molar-refractivity contribution in [1.82, 2.24) is 0 Å². The average Bonchev–Trinajstić information content (AvgIpc) is 2.54. The second-order valence-electron chi connectivity index (χ2n) is 2.80. The van der Waals surface area contributed by atoms with Crippen LogP contribution in [0.4, 0.5) is 0 Å². The van der Waals surface area contributed by atoms with Crippen LogP contribution < -0.4 is 0 Å². The molecule has 0 fully saturated rings. The topological polar surface area (TPSA) is 60.7 Å². The van der Waals surface area contributed by atoms with Crippen molar-refractivity contribution in [1.29, 1.82) is 0 Å². The molecule has 0 saturated carbocycles. The Bertz CT molecular complexity index is 198. The number of aliphatic hydroxyl groups excluding tert-OH is 3. The second-order valence-corrected chi connectivity index (χ2v) is 2.80. The quantitative estimate of drug-likeness (QED) is 0.460. The van der Waals surface area contributed by atoms with Crippen LogP contribution in [-0.4, -0.2) is 36.6 Å². The average molecular weight is 265 g/mol. The van der Waals surface area contributed by atoms with Crippen molar-refractivity contribution in [2.75, 3.05) is 21.3 Å². The summed E-state index contributed by atoms with van der Waals surface area (Å²) in [6, 6.07) is 0. The van der Waals surface area contributed by atoms with Gasteiger partial charge in [0.2, 0.25) is 0 Å². The van der Waals surface area contributed by atoms with Gasteiger partial charge in [-0.1, -0.05) is 26.7 Å². The molecule has 0 spiro atoms. The van der Waals surface area contributed by atoms with E-state index in [9.17, 15) is 0 Å². The molecule has 0 aliphatic heterocycles. The molecule has 0 saturated heterocycles. The first kappa shape index (κ1) is 25.1. The Morgan fingerprint density at radius 3 is 1.25 bits per heavy atom. The standard InChI is InChI=1S/C9H13.3CH4O.Ti/c1-6-5-7(2)9(4)8(6)3;3*1-2;/h6H,1-4H3;3*2H,1H3;/q-1;;;;.